The first-order valence-corrected chi connectivity index (χ1v) is 7.81. The Balaban J connectivity index is 2.31. The molecule has 2 N–H and O–H groups in total. The lowest BCUT2D eigenvalue weighted by Gasteiger charge is -2.07. The summed E-state index contributed by atoms with van der Waals surface area (Å²) in [4.78, 5) is 0.300. The second-order valence-electron chi connectivity index (χ2n) is 4.20. The Bertz CT molecular complexity index is 669. The van der Waals surface area contributed by atoms with Crippen molar-refractivity contribution < 1.29 is 8.42 Å². The molecule has 0 radical (unpaired) electrons. The number of hydrogen-bond acceptors (Lipinski definition) is 3. The van der Waals surface area contributed by atoms with Crippen LogP contribution < -0.4 is 5.73 Å². The van der Waals surface area contributed by atoms with Crippen LogP contribution in [0.1, 0.15) is 11.1 Å². The van der Waals surface area contributed by atoms with Crippen LogP contribution in [0.25, 0.3) is 0 Å². The summed E-state index contributed by atoms with van der Waals surface area (Å²) in [6.07, 6.45) is 0. The normalized spacial score (nSPS) is 11.5. The number of benzene rings is 2. The molecule has 0 fully saturated rings. The molecule has 2 rings (SSSR count). The van der Waals surface area contributed by atoms with Gasteiger partial charge in [0.25, 0.3) is 0 Å². The van der Waals surface area contributed by atoms with Gasteiger partial charge in [-0.1, -0.05) is 41.9 Å². The lowest BCUT2D eigenvalue weighted by Crippen LogP contribution is -2.06. The van der Waals surface area contributed by atoms with Crippen molar-refractivity contribution in [2.75, 3.05) is 0 Å². The van der Waals surface area contributed by atoms with Crippen LogP contribution in [0.5, 0.6) is 0 Å². The molecule has 5 heteroatoms. The van der Waals surface area contributed by atoms with Crippen molar-refractivity contribution in [3.05, 3.63) is 64.7 Å². The van der Waals surface area contributed by atoms with Gasteiger partial charge in [-0.2, -0.15) is 0 Å². The summed E-state index contributed by atoms with van der Waals surface area (Å²) >= 11 is 6.08. The van der Waals surface area contributed by atoms with E-state index in [2.05, 4.69) is 0 Å². The maximum Gasteiger partial charge on any atom is 0.182 e. The first-order chi connectivity index (χ1) is 9.03. The van der Waals surface area contributed by atoms with Gasteiger partial charge in [0.1, 0.15) is 0 Å². The fraction of sp³-hybridized carbons (Fsp3) is 0.143. The summed E-state index contributed by atoms with van der Waals surface area (Å²) in [6.45, 7) is 0.380. The highest BCUT2D eigenvalue weighted by atomic mass is 35.5. The Morgan fingerprint density at radius 2 is 1.74 bits per heavy atom. The maximum atomic E-state index is 12.2. The molecule has 2 aromatic rings. The highest BCUT2D eigenvalue weighted by Gasteiger charge is 2.16. The zero-order valence-electron chi connectivity index (χ0n) is 10.2. The van der Waals surface area contributed by atoms with Crippen LogP contribution >= 0.6 is 11.6 Å². The zero-order valence-corrected chi connectivity index (χ0v) is 11.8. The average Bonchev–Trinajstić information content (AvgIpc) is 2.42. The third-order valence-corrected chi connectivity index (χ3v) is 4.83. The average molecular weight is 296 g/mol. The third kappa shape index (κ3) is 3.35. The Kier molecular flexibility index (Phi) is 4.24. The molecule has 0 saturated carbocycles. The molecule has 0 aromatic heterocycles. The molecule has 0 bridgehead atoms. The molecule has 0 spiro atoms. The van der Waals surface area contributed by atoms with Crippen molar-refractivity contribution in [1.29, 1.82) is 0 Å². The quantitative estimate of drug-likeness (QED) is 0.943. The van der Waals surface area contributed by atoms with Gasteiger partial charge in [0.15, 0.2) is 9.84 Å². The van der Waals surface area contributed by atoms with E-state index in [0.717, 1.165) is 5.56 Å². The Hall–Kier alpha value is -1.36. The summed E-state index contributed by atoms with van der Waals surface area (Å²) in [5, 5.41) is 0.433. The van der Waals surface area contributed by atoms with E-state index in [-0.39, 0.29) is 5.75 Å². The Morgan fingerprint density at radius 3 is 2.32 bits per heavy atom. The van der Waals surface area contributed by atoms with Crippen molar-refractivity contribution in [3.63, 3.8) is 0 Å². The van der Waals surface area contributed by atoms with Gasteiger partial charge in [-0.05, 0) is 29.3 Å². The van der Waals surface area contributed by atoms with Gasteiger partial charge in [-0.15, -0.1) is 0 Å². The lowest BCUT2D eigenvalue weighted by atomic mass is 10.1. The van der Waals surface area contributed by atoms with Gasteiger partial charge in [-0.3, -0.25) is 0 Å². The number of sulfone groups is 1. The standard InChI is InChI=1S/C14H14ClNO2S/c15-14-8-11(9-16)6-7-12(14)10-19(17,18)13-4-2-1-3-5-13/h1-8H,9-10,16H2. The minimum Gasteiger partial charge on any atom is -0.326 e. The summed E-state index contributed by atoms with van der Waals surface area (Å²) in [5.41, 5.74) is 6.98. The van der Waals surface area contributed by atoms with Crippen molar-refractivity contribution >= 4 is 21.4 Å². The molecule has 100 valence electrons. The van der Waals surface area contributed by atoms with E-state index in [4.69, 9.17) is 17.3 Å². The van der Waals surface area contributed by atoms with Crippen molar-refractivity contribution in [2.24, 2.45) is 5.73 Å². The number of nitrogens with two attached hydrogens (primary N) is 1. The van der Waals surface area contributed by atoms with Crippen LogP contribution in [0.3, 0.4) is 0 Å². The minimum absolute atomic E-state index is 0.110. The predicted octanol–water partition coefficient (Wildman–Crippen LogP) is 2.77. The van der Waals surface area contributed by atoms with Gasteiger partial charge in [0, 0.05) is 11.6 Å². The van der Waals surface area contributed by atoms with Crippen LogP contribution in [0.4, 0.5) is 0 Å². The van der Waals surface area contributed by atoms with Crippen molar-refractivity contribution in [3.8, 4) is 0 Å². The third-order valence-electron chi connectivity index (χ3n) is 2.80. The molecule has 0 saturated heterocycles. The van der Waals surface area contributed by atoms with Crippen molar-refractivity contribution in [1.82, 2.24) is 0 Å². The van der Waals surface area contributed by atoms with Gasteiger partial charge < -0.3 is 5.73 Å². The van der Waals surface area contributed by atoms with Crippen LogP contribution in [-0.4, -0.2) is 8.42 Å². The maximum absolute atomic E-state index is 12.2. The van der Waals surface area contributed by atoms with E-state index < -0.39 is 9.84 Å². The number of hydrogen-bond donors (Lipinski definition) is 1. The topological polar surface area (TPSA) is 60.2 Å². The van der Waals surface area contributed by atoms with Crippen LogP contribution in [0, 0.1) is 0 Å². The van der Waals surface area contributed by atoms with Crippen LogP contribution in [0.15, 0.2) is 53.4 Å². The SMILES string of the molecule is NCc1ccc(CS(=O)(=O)c2ccccc2)c(Cl)c1. The second-order valence-corrected chi connectivity index (χ2v) is 6.60. The number of halogens is 1. The van der Waals surface area contributed by atoms with E-state index in [1.807, 2.05) is 0 Å². The van der Waals surface area contributed by atoms with Gasteiger partial charge in [0.2, 0.25) is 0 Å². The molecule has 0 unspecified atom stereocenters. The molecule has 2 aromatic carbocycles. The lowest BCUT2D eigenvalue weighted by molar-refractivity contribution is 0.595. The predicted molar refractivity (Wildman–Crippen MR) is 76.7 cm³/mol. The van der Waals surface area contributed by atoms with E-state index in [1.54, 1.807) is 48.5 Å². The highest BCUT2D eigenvalue weighted by molar-refractivity contribution is 7.90. The summed E-state index contributed by atoms with van der Waals surface area (Å²) in [7, 11) is -3.37. The largest absolute Gasteiger partial charge is 0.326 e. The molecule has 0 atom stereocenters. The van der Waals surface area contributed by atoms with Gasteiger partial charge in [-0.25, -0.2) is 8.42 Å². The molecular formula is C14H14ClNO2S. The molecule has 0 aliphatic heterocycles. The Labute approximate surface area is 117 Å². The fourth-order valence-corrected chi connectivity index (χ4v) is 3.50. The summed E-state index contributed by atoms with van der Waals surface area (Å²) < 4.78 is 24.4. The highest BCUT2D eigenvalue weighted by Crippen LogP contribution is 2.23. The molecular weight excluding hydrogens is 282 g/mol. The fourth-order valence-electron chi connectivity index (χ4n) is 1.75. The van der Waals surface area contributed by atoms with Crippen LogP contribution in [0.2, 0.25) is 5.02 Å². The summed E-state index contributed by atoms with van der Waals surface area (Å²) in [5.74, 6) is -0.110. The molecule has 3 nitrogen and oxygen atoms in total. The molecule has 0 amide bonds. The first kappa shape index (κ1) is 14.1. The molecule has 19 heavy (non-hydrogen) atoms. The van der Waals surface area contributed by atoms with E-state index in [9.17, 15) is 8.42 Å². The monoisotopic (exact) mass is 295 g/mol. The number of rotatable bonds is 4. The van der Waals surface area contributed by atoms with E-state index in [0.29, 0.717) is 22.0 Å². The zero-order chi connectivity index (χ0) is 13.9. The minimum atomic E-state index is -3.37. The van der Waals surface area contributed by atoms with Crippen LogP contribution in [-0.2, 0) is 22.1 Å². The van der Waals surface area contributed by atoms with Gasteiger partial charge >= 0.3 is 0 Å². The molecule has 0 aliphatic carbocycles. The van der Waals surface area contributed by atoms with E-state index >= 15 is 0 Å². The van der Waals surface area contributed by atoms with Gasteiger partial charge in [0.05, 0.1) is 10.6 Å². The summed E-state index contributed by atoms with van der Waals surface area (Å²) in [6, 6.07) is 13.6. The molecule has 0 aliphatic rings. The smallest absolute Gasteiger partial charge is 0.182 e. The first-order valence-electron chi connectivity index (χ1n) is 5.78. The van der Waals surface area contributed by atoms with Crippen molar-refractivity contribution in [2.45, 2.75) is 17.2 Å². The Morgan fingerprint density at radius 1 is 1.05 bits per heavy atom. The second kappa shape index (κ2) is 5.74. The van der Waals surface area contributed by atoms with E-state index in [1.165, 1.54) is 0 Å². The molecule has 0 heterocycles.